The second kappa shape index (κ2) is 13.4. The molecule has 0 spiro atoms. The fourth-order valence-corrected chi connectivity index (χ4v) is 4.44. The Bertz CT molecular complexity index is 1010. The highest BCUT2D eigenvalue weighted by Gasteiger charge is 2.35. The summed E-state index contributed by atoms with van der Waals surface area (Å²) in [4.78, 5) is 30.3. The molecule has 2 amide bonds. The summed E-state index contributed by atoms with van der Waals surface area (Å²) in [6.45, 7) is 4.13. The summed E-state index contributed by atoms with van der Waals surface area (Å²) in [5.74, 6) is -0.439. The molecule has 0 bridgehead atoms. The standard InChI is InChI=1S/C24H27F3N4O2.3ClH/c25-24(26,27)20-16-17(8-9-21(20)28)30-14-12-29(13-15-30)10-4-1-5-11-31-22(32)18-6-2-3-7-19(18)23(31)33;;;/h2-3,6-9,16H,1,4-5,10-15,28H2;3*1H. The Hall–Kier alpha value is -2.20. The van der Waals surface area contributed by atoms with Gasteiger partial charge in [0, 0.05) is 44.1 Å². The van der Waals surface area contributed by atoms with Gasteiger partial charge in [0.15, 0.2) is 0 Å². The number of carbonyl (C=O) groups is 2. The summed E-state index contributed by atoms with van der Waals surface area (Å²) in [6.07, 6.45) is -1.89. The summed E-state index contributed by atoms with van der Waals surface area (Å²) in [6, 6.07) is 11.0. The SMILES string of the molecule is Cl.Cl.Cl.Nc1ccc(N2CCN(CCCCCN3C(=O)c4ccccc4C3=O)CC2)cc1C(F)(F)F. The third-order valence-corrected chi connectivity index (χ3v) is 6.31. The Morgan fingerprint density at radius 2 is 1.33 bits per heavy atom. The third-order valence-electron chi connectivity index (χ3n) is 6.31. The Morgan fingerprint density at radius 3 is 1.89 bits per heavy atom. The van der Waals surface area contributed by atoms with Crippen molar-refractivity contribution in [1.29, 1.82) is 0 Å². The van der Waals surface area contributed by atoms with E-state index < -0.39 is 11.7 Å². The van der Waals surface area contributed by atoms with Crippen LogP contribution in [0.25, 0.3) is 0 Å². The van der Waals surface area contributed by atoms with Gasteiger partial charge in [0.2, 0.25) is 0 Å². The maximum atomic E-state index is 13.1. The van der Waals surface area contributed by atoms with Crippen LogP contribution in [0.3, 0.4) is 0 Å². The molecule has 1 fully saturated rings. The molecule has 2 aromatic carbocycles. The number of halogens is 6. The normalized spacial score (nSPS) is 15.6. The molecule has 12 heteroatoms. The van der Waals surface area contributed by atoms with E-state index in [0.29, 0.717) is 36.4 Å². The number of nitrogens with zero attached hydrogens (tertiary/aromatic N) is 3. The van der Waals surface area contributed by atoms with Crippen LogP contribution >= 0.6 is 37.2 Å². The van der Waals surface area contributed by atoms with Gasteiger partial charge in [0.1, 0.15) is 0 Å². The van der Waals surface area contributed by atoms with Crippen molar-refractivity contribution in [3.05, 3.63) is 59.2 Å². The van der Waals surface area contributed by atoms with Crippen molar-refractivity contribution in [2.24, 2.45) is 0 Å². The van der Waals surface area contributed by atoms with E-state index in [0.717, 1.165) is 45.0 Å². The third kappa shape index (κ3) is 6.97. The van der Waals surface area contributed by atoms with Crippen molar-refractivity contribution in [3.8, 4) is 0 Å². The van der Waals surface area contributed by atoms with E-state index in [2.05, 4.69) is 4.90 Å². The van der Waals surface area contributed by atoms with E-state index in [-0.39, 0.29) is 54.7 Å². The molecule has 0 unspecified atom stereocenters. The molecule has 0 aromatic heterocycles. The highest BCUT2D eigenvalue weighted by atomic mass is 35.5. The second-order valence-electron chi connectivity index (χ2n) is 8.47. The van der Waals surface area contributed by atoms with Gasteiger partial charge in [-0.25, -0.2) is 0 Å². The molecule has 2 N–H and O–H groups in total. The predicted molar refractivity (Wildman–Crippen MR) is 142 cm³/mol. The minimum Gasteiger partial charge on any atom is -0.398 e. The number of nitrogens with two attached hydrogens (primary N) is 1. The summed E-state index contributed by atoms with van der Waals surface area (Å²) >= 11 is 0. The number of hydrogen-bond donors (Lipinski definition) is 1. The molecule has 0 atom stereocenters. The number of fused-ring (bicyclic) bond motifs is 1. The highest BCUT2D eigenvalue weighted by molar-refractivity contribution is 6.21. The number of hydrogen-bond acceptors (Lipinski definition) is 5. The van der Waals surface area contributed by atoms with Crippen LogP contribution in [-0.2, 0) is 6.18 Å². The fraction of sp³-hybridized carbons (Fsp3) is 0.417. The molecule has 2 aliphatic rings. The number of piperazine rings is 1. The lowest BCUT2D eigenvalue weighted by atomic mass is 10.1. The molecule has 0 aliphatic carbocycles. The van der Waals surface area contributed by atoms with Crippen molar-refractivity contribution in [3.63, 3.8) is 0 Å². The largest absolute Gasteiger partial charge is 0.418 e. The van der Waals surface area contributed by atoms with Gasteiger partial charge in [-0.05, 0) is 49.7 Å². The van der Waals surface area contributed by atoms with E-state index in [1.807, 2.05) is 4.90 Å². The molecular weight excluding hydrogens is 540 g/mol. The lowest BCUT2D eigenvalue weighted by molar-refractivity contribution is -0.136. The molecule has 6 nitrogen and oxygen atoms in total. The van der Waals surface area contributed by atoms with E-state index in [1.165, 1.54) is 11.0 Å². The molecule has 36 heavy (non-hydrogen) atoms. The Morgan fingerprint density at radius 1 is 0.778 bits per heavy atom. The zero-order chi connectivity index (χ0) is 23.6. The van der Waals surface area contributed by atoms with Gasteiger partial charge < -0.3 is 10.6 Å². The number of rotatable bonds is 7. The van der Waals surface area contributed by atoms with Crippen molar-refractivity contribution >= 4 is 60.4 Å². The second-order valence-corrected chi connectivity index (χ2v) is 8.47. The first kappa shape index (κ1) is 31.8. The molecular formula is C24H30Cl3F3N4O2. The Labute approximate surface area is 227 Å². The van der Waals surface area contributed by atoms with Gasteiger partial charge in [-0.2, -0.15) is 13.2 Å². The molecule has 4 rings (SSSR count). The molecule has 2 aromatic rings. The van der Waals surface area contributed by atoms with Gasteiger partial charge >= 0.3 is 6.18 Å². The number of amides is 2. The van der Waals surface area contributed by atoms with Crippen LogP contribution in [0.4, 0.5) is 24.5 Å². The van der Waals surface area contributed by atoms with Crippen LogP contribution in [-0.4, -0.2) is 60.9 Å². The maximum absolute atomic E-state index is 13.1. The number of carbonyl (C=O) groups excluding carboxylic acids is 2. The maximum Gasteiger partial charge on any atom is 0.418 e. The van der Waals surface area contributed by atoms with Gasteiger partial charge in [0.05, 0.1) is 16.7 Å². The van der Waals surface area contributed by atoms with Crippen LogP contribution in [0.2, 0.25) is 0 Å². The van der Waals surface area contributed by atoms with Crippen molar-refractivity contribution < 1.29 is 22.8 Å². The van der Waals surface area contributed by atoms with E-state index in [1.54, 1.807) is 30.3 Å². The monoisotopic (exact) mass is 568 g/mol. The van der Waals surface area contributed by atoms with Crippen LogP contribution in [0.1, 0.15) is 45.5 Å². The Balaban J connectivity index is 0.00000216. The van der Waals surface area contributed by atoms with E-state index in [4.69, 9.17) is 5.73 Å². The quantitative estimate of drug-likeness (QED) is 0.284. The predicted octanol–water partition coefficient (Wildman–Crippen LogP) is 5.14. The molecule has 0 radical (unpaired) electrons. The zero-order valence-corrected chi connectivity index (χ0v) is 21.9. The number of unbranched alkanes of at least 4 members (excludes halogenated alkanes) is 2. The molecule has 1 saturated heterocycles. The van der Waals surface area contributed by atoms with Crippen LogP contribution in [0.15, 0.2) is 42.5 Å². The van der Waals surface area contributed by atoms with Gasteiger partial charge in [-0.15, -0.1) is 37.2 Å². The van der Waals surface area contributed by atoms with Gasteiger partial charge in [-0.3, -0.25) is 19.4 Å². The summed E-state index contributed by atoms with van der Waals surface area (Å²) < 4.78 is 39.4. The summed E-state index contributed by atoms with van der Waals surface area (Å²) in [5.41, 5.74) is 5.94. The molecule has 2 aliphatic heterocycles. The van der Waals surface area contributed by atoms with Crippen molar-refractivity contribution in [1.82, 2.24) is 9.80 Å². The average molecular weight is 570 g/mol. The number of anilines is 2. The average Bonchev–Trinajstić information content (AvgIpc) is 3.04. The summed E-state index contributed by atoms with van der Waals surface area (Å²) in [7, 11) is 0. The minimum absolute atomic E-state index is 0. The lowest BCUT2D eigenvalue weighted by Gasteiger charge is -2.36. The van der Waals surface area contributed by atoms with Crippen molar-refractivity contribution in [2.75, 3.05) is 49.9 Å². The van der Waals surface area contributed by atoms with Crippen molar-refractivity contribution in [2.45, 2.75) is 25.4 Å². The highest BCUT2D eigenvalue weighted by Crippen LogP contribution is 2.36. The topological polar surface area (TPSA) is 69.9 Å². The first-order chi connectivity index (χ1) is 15.8. The smallest absolute Gasteiger partial charge is 0.398 e. The van der Waals surface area contributed by atoms with E-state index >= 15 is 0 Å². The van der Waals surface area contributed by atoms with Crippen LogP contribution < -0.4 is 10.6 Å². The van der Waals surface area contributed by atoms with Crippen LogP contribution in [0.5, 0.6) is 0 Å². The summed E-state index contributed by atoms with van der Waals surface area (Å²) in [5, 5.41) is 0. The number of imide groups is 1. The zero-order valence-electron chi connectivity index (χ0n) is 19.5. The van der Waals surface area contributed by atoms with E-state index in [9.17, 15) is 22.8 Å². The van der Waals surface area contributed by atoms with Gasteiger partial charge in [0.25, 0.3) is 11.8 Å². The molecule has 200 valence electrons. The number of nitrogen functional groups attached to an aromatic ring is 1. The molecule has 2 heterocycles. The minimum atomic E-state index is -4.46. The Kier molecular flexibility index (Phi) is 11.8. The number of benzene rings is 2. The first-order valence-electron chi connectivity index (χ1n) is 11.1. The van der Waals surface area contributed by atoms with Crippen LogP contribution in [0, 0.1) is 0 Å². The fourth-order valence-electron chi connectivity index (χ4n) is 4.44. The molecule has 0 saturated carbocycles. The number of alkyl halides is 3. The first-order valence-corrected chi connectivity index (χ1v) is 11.1. The lowest BCUT2D eigenvalue weighted by Crippen LogP contribution is -2.46. The van der Waals surface area contributed by atoms with Gasteiger partial charge in [-0.1, -0.05) is 18.6 Å².